The molecule has 0 aliphatic heterocycles. The van der Waals surface area contributed by atoms with Gasteiger partial charge in [-0.15, -0.1) is 10.2 Å². The minimum Gasteiger partial charge on any atom is -0.422 e. The Balaban J connectivity index is 1.79. The average Bonchev–Trinajstić information content (AvgIpc) is 3.52. The maximum absolute atomic E-state index is 14.4. The Bertz CT molecular complexity index is 1320. The first-order chi connectivity index (χ1) is 15.2. The molecule has 4 aromatic rings. The van der Waals surface area contributed by atoms with Crippen LogP contribution in [0, 0.1) is 5.92 Å². The van der Waals surface area contributed by atoms with Gasteiger partial charge in [0.25, 0.3) is 5.89 Å². The van der Waals surface area contributed by atoms with Crippen LogP contribution in [0.4, 0.5) is 22.0 Å². The van der Waals surface area contributed by atoms with E-state index in [0.29, 0.717) is 11.0 Å². The van der Waals surface area contributed by atoms with Gasteiger partial charge < -0.3 is 4.42 Å². The minimum atomic E-state index is -5.79. The van der Waals surface area contributed by atoms with E-state index in [1.54, 1.807) is 12.1 Å². The van der Waals surface area contributed by atoms with E-state index in [2.05, 4.69) is 26.7 Å². The smallest absolute Gasteiger partial charge is 0.422 e. The van der Waals surface area contributed by atoms with Gasteiger partial charge in [0.05, 0.1) is 0 Å². The van der Waals surface area contributed by atoms with Crippen LogP contribution in [-0.4, -0.2) is 30.7 Å². The molecular weight excluding hydrogens is 433 g/mol. The summed E-state index contributed by atoms with van der Waals surface area (Å²) in [5.74, 6) is -5.04. The Morgan fingerprint density at radius 1 is 1.09 bits per heavy atom. The number of hydrogen-bond donors (Lipinski definition) is 0. The lowest BCUT2D eigenvalue weighted by atomic mass is 9.90. The SMILES string of the molecule is C=C(c1cc(C(F)(F)C(F)(F)F)nc2c1ccc1nc(-c3nnco3)cn12)C1CCCC1. The molecule has 0 radical (unpaired) electrons. The van der Waals surface area contributed by atoms with Crippen molar-refractivity contribution in [2.45, 2.75) is 37.8 Å². The van der Waals surface area contributed by atoms with Crippen LogP contribution in [0.3, 0.4) is 0 Å². The molecule has 1 aliphatic carbocycles. The number of aromatic nitrogens is 5. The first-order valence-electron chi connectivity index (χ1n) is 9.90. The molecule has 0 aromatic carbocycles. The monoisotopic (exact) mass is 449 g/mol. The molecule has 166 valence electrons. The Morgan fingerprint density at radius 2 is 1.84 bits per heavy atom. The van der Waals surface area contributed by atoms with Gasteiger partial charge in [0.2, 0.25) is 6.39 Å². The fraction of sp³-hybridized carbons (Fsp3) is 0.333. The number of alkyl halides is 5. The highest BCUT2D eigenvalue weighted by Crippen LogP contribution is 2.45. The summed E-state index contributed by atoms with van der Waals surface area (Å²) in [5, 5.41) is 7.73. The van der Waals surface area contributed by atoms with Crippen molar-refractivity contribution in [3.8, 4) is 11.6 Å². The molecule has 32 heavy (non-hydrogen) atoms. The van der Waals surface area contributed by atoms with Crippen molar-refractivity contribution in [1.29, 1.82) is 0 Å². The van der Waals surface area contributed by atoms with Crippen molar-refractivity contribution < 1.29 is 26.4 Å². The fourth-order valence-corrected chi connectivity index (χ4v) is 4.18. The molecule has 4 aromatic heterocycles. The third-order valence-electron chi connectivity index (χ3n) is 5.85. The molecule has 0 N–H and O–H groups in total. The average molecular weight is 449 g/mol. The molecule has 11 heteroatoms. The van der Waals surface area contributed by atoms with Crippen molar-refractivity contribution in [3.63, 3.8) is 0 Å². The Morgan fingerprint density at radius 3 is 2.50 bits per heavy atom. The summed E-state index contributed by atoms with van der Waals surface area (Å²) in [6.45, 7) is 4.06. The minimum absolute atomic E-state index is 0.0143. The number of hydrogen-bond acceptors (Lipinski definition) is 5. The number of halogens is 5. The fourth-order valence-electron chi connectivity index (χ4n) is 4.18. The summed E-state index contributed by atoms with van der Waals surface area (Å²) in [6.07, 6.45) is 0.244. The van der Waals surface area contributed by atoms with Crippen LogP contribution in [0.25, 0.3) is 33.8 Å². The van der Waals surface area contributed by atoms with Gasteiger partial charge in [-0.2, -0.15) is 22.0 Å². The first-order valence-corrected chi connectivity index (χ1v) is 9.90. The van der Waals surface area contributed by atoms with E-state index in [1.807, 2.05) is 0 Å². The second-order valence-corrected chi connectivity index (χ2v) is 7.80. The van der Waals surface area contributed by atoms with E-state index in [1.165, 1.54) is 10.6 Å². The summed E-state index contributed by atoms with van der Waals surface area (Å²) < 4.78 is 74.8. The second kappa shape index (κ2) is 7.07. The maximum atomic E-state index is 14.4. The zero-order valence-electron chi connectivity index (χ0n) is 16.5. The van der Waals surface area contributed by atoms with E-state index in [0.717, 1.165) is 38.1 Å². The van der Waals surface area contributed by atoms with E-state index in [9.17, 15) is 22.0 Å². The molecule has 5 rings (SSSR count). The lowest BCUT2D eigenvalue weighted by Gasteiger charge is -2.22. The van der Waals surface area contributed by atoms with E-state index in [-0.39, 0.29) is 34.4 Å². The summed E-state index contributed by atoms with van der Waals surface area (Å²) in [5.41, 5.74) is -0.186. The van der Waals surface area contributed by atoms with Gasteiger partial charge in [-0.3, -0.25) is 4.40 Å². The second-order valence-electron chi connectivity index (χ2n) is 7.80. The first kappa shape index (κ1) is 20.5. The van der Waals surface area contributed by atoms with Crippen LogP contribution < -0.4 is 0 Å². The molecule has 0 bridgehead atoms. The van der Waals surface area contributed by atoms with E-state index >= 15 is 0 Å². The van der Waals surface area contributed by atoms with Crippen molar-refractivity contribution in [3.05, 3.63) is 48.6 Å². The van der Waals surface area contributed by atoms with Crippen molar-refractivity contribution in [2.24, 2.45) is 5.92 Å². The number of allylic oxidation sites excluding steroid dienone is 1. The molecule has 0 atom stereocenters. The van der Waals surface area contributed by atoms with Crippen LogP contribution in [0.15, 0.2) is 41.8 Å². The van der Waals surface area contributed by atoms with Crippen LogP contribution in [0.1, 0.15) is 36.9 Å². The molecule has 0 spiro atoms. The Labute approximate surface area is 177 Å². The summed E-state index contributed by atoms with van der Waals surface area (Å²) in [6, 6.07) is 4.04. The van der Waals surface area contributed by atoms with Gasteiger partial charge >= 0.3 is 12.1 Å². The van der Waals surface area contributed by atoms with Crippen molar-refractivity contribution in [2.75, 3.05) is 0 Å². The molecule has 1 saturated carbocycles. The predicted octanol–water partition coefficient (Wildman–Crippen LogP) is 5.79. The van der Waals surface area contributed by atoms with E-state index < -0.39 is 17.8 Å². The molecule has 0 unspecified atom stereocenters. The highest BCUT2D eigenvalue weighted by atomic mass is 19.4. The summed E-state index contributed by atoms with van der Waals surface area (Å²) in [4.78, 5) is 8.04. The van der Waals surface area contributed by atoms with Gasteiger partial charge in [-0.25, -0.2) is 9.97 Å². The van der Waals surface area contributed by atoms with Crippen LogP contribution >= 0.6 is 0 Å². The molecule has 0 saturated heterocycles. The number of imidazole rings is 1. The summed E-state index contributed by atoms with van der Waals surface area (Å²) in [7, 11) is 0. The third-order valence-corrected chi connectivity index (χ3v) is 5.85. The van der Waals surface area contributed by atoms with Gasteiger partial charge in [0.1, 0.15) is 22.7 Å². The van der Waals surface area contributed by atoms with Crippen LogP contribution in [-0.2, 0) is 5.92 Å². The van der Waals surface area contributed by atoms with Gasteiger partial charge in [-0.1, -0.05) is 19.4 Å². The highest BCUT2D eigenvalue weighted by Gasteiger charge is 2.60. The Hall–Kier alpha value is -3.37. The lowest BCUT2D eigenvalue weighted by molar-refractivity contribution is -0.290. The summed E-state index contributed by atoms with van der Waals surface area (Å²) >= 11 is 0. The zero-order valence-corrected chi connectivity index (χ0v) is 16.5. The highest BCUT2D eigenvalue weighted by molar-refractivity contribution is 5.92. The molecular formula is C21H16F5N5O. The van der Waals surface area contributed by atoms with Crippen LogP contribution in [0.2, 0.25) is 0 Å². The Kier molecular flexibility index (Phi) is 4.54. The quantitative estimate of drug-likeness (QED) is 0.369. The molecule has 0 amide bonds. The lowest BCUT2D eigenvalue weighted by Crippen LogP contribution is -2.34. The maximum Gasteiger partial charge on any atom is 0.459 e. The third kappa shape index (κ3) is 3.14. The zero-order chi connectivity index (χ0) is 22.7. The standard InChI is InChI=1S/C21H16F5N5O/c1-11(12-4-2-3-5-12)14-8-16(20(22,23)21(24,25)26)29-18-13(14)6-7-17-28-15(9-31(17)18)19-30-27-10-32-19/h6-10,12H,1-5H2. The molecule has 6 nitrogen and oxygen atoms in total. The van der Waals surface area contributed by atoms with Gasteiger partial charge in [0, 0.05) is 11.6 Å². The predicted molar refractivity (Wildman–Crippen MR) is 105 cm³/mol. The molecule has 1 aliphatic rings. The number of rotatable bonds is 4. The largest absolute Gasteiger partial charge is 0.459 e. The van der Waals surface area contributed by atoms with Gasteiger partial charge in [0.15, 0.2) is 0 Å². The van der Waals surface area contributed by atoms with Gasteiger partial charge in [-0.05, 0) is 48.1 Å². The number of fused-ring (bicyclic) bond motifs is 3. The topological polar surface area (TPSA) is 69.1 Å². The van der Waals surface area contributed by atoms with Crippen molar-refractivity contribution in [1.82, 2.24) is 24.6 Å². The van der Waals surface area contributed by atoms with E-state index in [4.69, 9.17) is 4.42 Å². The van der Waals surface area contributed by atoms with Crippen LogP contribution in [0.5, 0.6) is 0 Å². The van der Waals surface area contributed by atoms with Crippen molar-refractivity contribution >= 4 is 22.3 Å². The number of nitrogens with zero attached hydrogens (tertiary/aromatic N) is 5. The molecule has 4 heterocycles. The number of pyridine rings is 2. The molecule has 1 fully saturated rings. The normalized spacial score (nSPS) is 15.8.